The first-order valence-electron chi connectivity index (χ1n) is 8.79. The molecule has 0 saturated carbocycles. The molecule has 0 unspecified atom stereocenters. The van der Waals surface area contributed by atoms with E-state index < -0.39 is 0 Å². The Morgan fingerprint density at radius 1 is 0.929 bits per heavy atom. The van der Waals surface area contributed by atoms with E-state index in [2.05, 4.69) is 53.9 Å². The Morgan fingerprint density at radius 2 is 1.93 bits per heavy atom. The molecule has 7 heteroatoms. The number of aromatic amines is 1. The summed E-state index contributed by atoms with van der Waals surface area (Å²) in [6.07, 6.45) is 9.32. The van der Waals surface area contributed by atoms with Gasteiger partial charge < -0.3 is 4.98 Å². The van der Waals surface area contributed by atoms with Crippen molar-refractivity contribution in [2.24, 2.45) is 0 Å². The second kappa shape index (κ2) is 5.90. The van der Waals surface area contributed by atoms with Crippen LogP contribution in [-0.4, -0.2) is 24.9 Å². The highest BCUT2D eigenvalue weighted by molar-refractivity contribution is 7.16. The van der Waals surface area contributed by atoms with Crippen molar-refractivity contribution in [1.82, 2.24) is 24.9 Å². The van der Waals surface area contributed by atoms with Gasteiger partial charge in [0.1, 0.15) is 21.6 Å². The van der Waals surface area contributed by atoms with Gasteiger partial charge in [-0.1, -0.05) is 12.1 Å². The molecular weight excluding hydrogens is 368 g/mol. The van der Waals surface area contributed by atoms with E-state index in [1.165, 1.54) is 0 Å². The van der Waals surface area contributed by atoms with Gasteiger partial charge in [0, 0.05) is 40.5 Å². The maximum atomic E-state index is 4.61. The second-order valence-electron chi connectivity index (χ2n) is 6.44. The fourth-order valence-electron chi connectivity index (χ4n) is 3.70. The standard InChI is InChI=1S/C21H12N6S/c1-2-13-10-22-7-4-14(13)17(3-1)27-9-6-16(18-20(27)25-11-24-18)15-5-8-23-21-19(15)26-12-28-21/h1-12H/p+1. The Bertz CT molecular complexity index is 1480. The zero-order valence-electron chi connectivity index (χ0n) is 14.6. The van der Waals surface area contributed by atoms with Crippen LogP contribution in [0.5, 0.6) is 0 Å². The minimum Gasteiger partial charge on any atom is -0.318 e. The molecule has 5 heterocycles. The lowest BCUT2D eigenvalue weighted by molar-refractivity contribution is -0.567. The number of aromatic nitrogens is 6. The monoisotopic (exact) mass is 381 g/mol. The number of pyridine rings is 3. The van der Waals surface area contributed by atoms with E-state index in [-0.39, 0.29) is 0 Å². The molecule has 0 aliphatic rings. The van der Waals surface area contributed by atoms with Gasteiger partial charge in [-0.15, -0.1) is 11.3 Å². The Balaban J connectivity index is 1.65. The Kier molecular flexibility index (Phi) is 3.24. The summed E-state index contributed by atoms with van der Waals surface area (Å²) in [5.41, 5.74) is 7.75. The van der Waals surface area contributed by atoms with Crippen LogP contribution in [0.25, 0.3) is 49.1 Å². The zero-order chi connectivity index (χ0) is 18.5. The number of H-pyrrole nitrogens is 1. The van der Waals surface area contributed by atoms with E-state index in [4.69, 9.17) is 0 Å². The summed E-state index contributed by atoms with van der Waals surface area (Å²) in [7, 11) is 0. The molecule has 0 spiro atoms. The fourth-order valence-corrected chi connectivity index (χ4v) is 4.35. The number of nitrogens with zero attached hydrogens (tertiary/aromatic N) is 5. The van der Waals surface area contributed by atoms with Gasteiger partial charge in [0.2, 0.25) is 6.33 Å². The van der Waals surface area contributed by atoms with Gasteiger partial charge in [-0.3, -0.25) is 4.98 Å². The molecule has 0 saturated heterocycles. The molecule has 0 amide bonds. The molecule has 1 aromatic carbocycles. The van der Waals surface area contributed by atoms with E-state index in [9.17, 15) is 0 Å². The van der Waals surface area contributed by atoms with E-state index in [1.807, 2.05) is 42.3 Å². The van der Waals surface area contributed by atoms with Crippen LogP contribution >= 0.6 is 11.3 Å². The van der Waals surface area contributed by atoms with Crippen molar-refractivity contribution in [2.45, 2.75) is 0 Å². The van der Waals surface area contributed by atoms with Crippen LogP contribution in [0, 0.1) is 0 Å². The molecule has 0 bridgehead atoms. The Morgan fingerprint density at radius 3 is 2.93 bits per heavy atom. The SMILES string of the molecule is c1cc(-[n+]2ccc(-c3ccnc4scnc34)c3[nH]cnc32)c2ccncc2c1. The third-order valence-corrected chi connectivity index (χ3v) is 5.68. The Labute approximate surface area is 163 Å². The molecule has 0 radical (unpaired) electrons. The molecule has 0 fully saturated rings. The summed E-state index contributed by atoms with van der Waals surface area (Å²) in [4.78, 5) is 22.0. The van der Waals surface area contributed by atoms with Crippen molar-refractivity contribution in [3.8, 4) is 16.8 Å². The molecule has 5 aromatic heterocycles. The van der Waals surface area contributed by atoms with Crippen LogP contribution in [0.3, 0.4) is 0 Å². The average Bonchev–Trinajstić information content (AvgIpc) is 3.42. The van der Waals surface area contributed by atoms with Crippen LogP contribution in [0.2, 0.25) is 0 Å². The largest absolute Gasteiger partial charge is 0.354 e. The summed E-state index contributed by atoms with van der Waals surface area (Å²) in [5, 5.41) is 2.23. The van der Waals surface area contributed by atoms with Crippen molar-refractivity contribution in [1.29, 1.82) is 0 Å². The van der Waals surface area contributed by atoms with E-state index in [0.717, 1.165) is 49.1 Å². The van der Waals surface area contributed by atoms with Gasteiger partial charge in [0.05, 0.1) is 11.7 Å². The van der Waals surface area contributed by atoms with Gasteiger partial charge in [-0.25, -0.2) is 9.97 Å². The summed E-state index contributed by atoms with van der Waals surface area (Å²) in [6, 6.07) is 12.4. The van der Waals surface area contributed by atoms with Crippen LogP contribution < -0.4 is 4.57 Å². The van der Waals surface area contributed by atoms with Crippen molar-refractivity contribution >= 4 is 43.6 Å². The number of imidazole rings is 1. The number of nitrogens with one attached hydrogen (secondary N) is 1. The highest BCUT2D eigenvalue weighted by atomic mass is 32.1. The number of benzene rings is 1. The molecule has 0 atom stereocenters. The van der Waals surface area contributed by atoms with Crippen LogP contribution in [0.1, 0.15) is 0 Å². The third kappa shape index (κ3) is 2.17. The zero-order valence-corrected chi connectivity index (χ0v) is 15.4. The predicted octanol–water partition coefficient (Wildman–Crippen LogP) is 4.06. The first-order chi connectivity index (χ1) is 13.9. The van der Waals surface area contributed by atoms with Crippen molar-refractivity contribution in [2.75, 3.05) is 0 Å². The van der Waals surface area contributed by atoms with Crippen molar-refractivity contribution in [3.05, 3.63) is 73.0 Å². The summed E-state index contributed by atoms with van der Waals surface area (Å²) >= 11 is 1.55. The first kappa shape index (κ1) is 15.4. The normalized spacial score (nSPS) is 11.6. The van der Waals surface area contributed by atoms with Gasteiger partial charge >= 0.3 is 5.65 Å². The topological polar surface area (TPSA) is 71.2 Å². The highest BCUT2D eigenvalue weighted by Crippen LogP contribution is 2.31. The Hall–Kier alpha value is -3.71. The second-order valence-corrected chi connectivity index (χ2v) is 7.27. The summed E-state index contributed by atoms with van der Waals surface area (Å²) < 4.78 is 2.11. The van der Waals surface area contributed by atoms with Gasteiger partial charge in [-0.05, 0) is 29.2 Å². The summed E-state index contributed by atoms with van der Waals surface area (Å²) in [5.74, 6) is 0. The minimum absolute atomic E-state index is 0.863. The smallest absolute Gasteiger partial charge is 0.318 e. The lowest BCUT2D eigenvalue weighted by Gasteiger charge is -2.07. The molecule has 1 N–H and O–H groups in total. The van der Waals surface area contributed by atoms with Crippen LogP contribution in [0.4, 0.5) is 0 Å². The highest BCUT2D eigenvalue weighted by Gasteiger charge is 2.21. The molecule has 6 nitrogen and oxygen atoms in total. The van der Waals surface area contributed by atoms with Crippen molar-refractivity contribution in [3.63, 3.8) is 0 Å². The molecule has 0 aliphatic heterocycles. The molecule has 0 aliphatic carbocycles. The van der Waals surface area contributed by atoms with E-state index >= 15 is 0 Å². The first-order valence-corrected chi connectivity index (χ1v) is 9.67. The van der Waals surface area contributed by atoms with Crippen LogP contribution in [0.15, 0.2) is 73.0 Å². The number of fused-ring (bicyclic) bond motifs is 3. The van der Waals surface area contributed by atoms with Gasteiger partial charge in [-0.2, -0.15) is 4.57 Å². The average molecular weight is 381 g/mol. The predicted molar refractivity (Wildman–Crippen MR) is 109 cm³/mol. The van der Waals surface area contributed by atoms with E-state index in [1.54, 1.807) is 17.7 Å². The maximum Gasteiger partial charge on any atom is 0.354 e. The lowest BCUT2D eigenvalue weighted by atomic mass is 10.1. The maximum absolute atomic E-state index is 4.61. The minimum atomic E-state index is 0.863. The number of rotatable bonds is 2. The van der Waals surface area contributed by atoms with E-state index in [0.29, 0.717) is 0 Å². The van der Waals surface area contributed by atoms with Crippen LogP contribution in [-0.2, 0) is 0 Å². The molecular formula is C21H13N6S+. The molecule has 6 rings (SSSR count). The van der Waals surface area contributed by atoms with Crippen molar-refractivity contribution < 1.29 is 4.57 Å². The molecule has 132 valence electrons. The molecule has 6 aromatic rings. The molecule has 28 heavy (non-hydrogen) atoms. The third-order valence-electron chi connectivity index (χ3n) is 4.95. The summed E-state index contributed by atoms with van der Waals surface area (Å²) in [6.45, 7) is 0. The van der Waals surface area contributed by atoms with Gasteiger partial charge in [0.25, 0.3) is 0 Å². The number of hydrogen-bond donors (Lipinski definition) is 1. The van der Waals surface area contributed by atoms with Gasteiger partial charge in [0.15, 0.2) is 0 Å². The number of thiazole rings is 1. The quantitative estimate of drug-likeness (QED) is 0.459. The fraction of sp³-hybridized carbons (Fsp3) is 0. The lowest BCUT2D eigenvalue weighted by Crippen LogP contribution is -2.31. The number of hydrogen-bond acceptors (Lipinski definition) is 5.